The molecule has 436 valence electrons. The second-order valence-corrected chi connectivity index (χ2v) is 21.9. The van der Waals surface area contributed by atoms with Gasteiger partial charge in [0.2, 0.25) is 23.5 Å². The summed E-state index contributed by atoms with van der Waals surface area (Å²) >= 11 is 0. The van der Waals surface area contributed by atoms with Crippen LogP contribution in [0.1, 0.15) is 241 Å². The SMILES string of the molecule is CCC1CCC(c2ccc(OC(F)F)nc2)CC1.CCCC1CCC(c2ccc(OC(F)F)nc2)CC1.CCCCC1CCC(c2ccc(OC(F)F)nc2)CC1.CCCCCC1CCC(c2ccc(OC(F)F)nc2)CC1. The lowest BCUT2D eigenvalue weighted by atomic mass is 9.77. The number of rotatable bonds is 22. The molecule has 0 bridgehead atoms. The molecule has 0 unspecified atom stereocenters. The number of alkyl halides is 8. The second-order valence-electron chi connectivity index (χ2n) is 21.9. The van der Waals surface area contributed by atoms with Crippen LogP contribution in [-0.4, -0.2) is 46.4 Å². The van der Waals surface area contributed by atoms with E-state index in [0.29, 0.717) is 23.7 Å². The number of pyridine rings is 4. The van der Waals surface area contributed by atoms with Crippen molar-refractivity contribution < 1.29 is 54.1 Å². The predicted molar refractivity (Wildman–Crippen MR) is 291 cm³/mol. The Morgan fingerprint density at radius 3 is 0.833 bits per heavy atom. The van der Waals surface area contributed by atoms with E-state index in [4.69, 9.17) is 0 Å². The first-order valence-electron chi connectivity index (χ1n) is 29.4. The third-order valence-electron chi connectivity index (χ3n) is 16.6. The van der Waals surface area contributed by atoms with Gasteiger partial charge in [0.1, 0.15) is 0 Å². The van der Waals surface area contributed by atoms with Crippen molar-refractivity contribution in [2.45, 2.75) is 245 Å². The first-order valence-corrected chi connectivity index (χ1v) is 29.4. The summed E-state index contributed by atoms with van der Waals surface area (Å²) in [5.41, 5.74) is 4.60. The van der Waals surface area contributed by atoms with Gasteiger partial charge in [-0.2, -0.15) is 35.1 Å². The molecule has 4 aliphatic carbocycles. The van der Waals surface area contributed by atoms with E-state index >= 15 is 0 Å². The highest BCUT2D eigenvalue weighted by Crippen LogP contribution is 2.41. The molecule has 0 spiro atoms. The van der Waals surface area contributed by atoms with E-state index in [-0.39, 0.29) is 23.5 Å². The van der Waals surface area contributed by atoms with E-state index < -0.39 is 26.4 Å². The molecule has 4 heterocycles. The number of hydrogen-bond acceptors (Lipinski definition) is 8. The smallest absolute Gasteiger partial charge is 0.388 e. The van der Waals surface area contributed by atoms with Crippen LogP contribution in [0, 0.1) is 23.7 Å². The molecule has 0 radical (unpaired) electrons. The highest BCUT2D eigenvalue weighted by atomic mass is 19.3. The van der Waals surface area contributed by atoms with Crippen molar-refractivity contribution in [2.75, 3.05) is 0 Å². The molecule has 16 heteroatoms. The van der Waals surface area contributed by atoms with Crippen LogP contribution in [0.5, 0.6) is 23.5 Å². The van der Waals surface area contributed by atoms with E-state index in [1.165, 1.54) is 173 Å². The fourth-order valence-electron chi connectivity index (χ4n) is 12.0. The lowest BCUT2D eigenvalue weighted by Crippen LogP contribution is -2.13. The summed E-state index contributed by atoms with van der Waals surface area (Å²) in [5.74, 6) is 5.59. The van der Waals surface area contributed by atoms with E-state index in [2.05, 4.69) is 66.6 Å². The zero-order chi connectivity index (χ0) is 56.1. The Morgan fingerprint density at radius 2 is 0.603 bits per heavy atom. The summed E-state index contributed by atoms with van der Waals surface area (Å²) in [4.78, 5) is 15.8. The minimum absolute atomic E-state index is 0.000353. The Balaban J connectivity index is 0.000000192. The molecular formula is C62H88F8N4O4. The van der Waals surface area contributed by atoms with Gasteiger partial charge in [-0.1, -0.05) is 116 Å². The maximum absolute atomic E-state index is 12.1. The Bertz CT molecular complexity index is 2130. The van der Waals surface area contributed by atoms with E-state index in [0.717, 1.165) is 45.9 Å². The van der Waals surface area contributed by atoms with Gasteiger partial charge in [0.15, 0.2) is 0 Å². The zero-order valence-electron chi connectivity index (χ0n) is 46.7. The van der Waals surface area contributed by atoms with Gasteiger partial charge in [0.25, 0.3) is 0 Å². The Hall–Kier alpha value is -4.76. The highest BCUT2D eigenvalue weighted by molar-refractivity contribution is 5.25. The van der Waals surface area contributed by atoms with Crippen LogP contribution in [0.15, 0.2) is 73.3 Å². The normalized spacial score (nSPS) is 23.3. The molecule has 4 saturated carbocycles. The van der Waals surface area contributed by atoms with Crippen molar-refractivity contribution in [3.63, 3.8) is 0 Å². The molecule has 0 N–H and O–H groups in total. The summed E-state index contributed by atoms with van der Waals surface area (Å²) in [5, 5.41) is 0. The van der Waals surface area contributed by atoms with Crippen LogP contribution >= 0.6 is 0 Å². The lowest BCUT2D eigenvalue weighted by molar-refractivity contribution is -0.0535. The van der Waals surface area contributed by atoms with Gasteiger partial charge < -0.3 is 18.9 Å². The van der Waals surface area contributed by atoms with Crippen LogP contribution < -0.4 is 18.9 Å². The Labute approximate surface area is 460 Å². The number of aromatic nitrogens is 4. The molecule has 78 heavy (non-hydrogen) atoms. The molecule has 8 nitrogen and oxygen atoms in total. The molecule has 0 atom stereocenters. The molecule has 4 aromatic rings. The zero-order valence-corrected chi connectivity index (χ0v) is 46.7. The molecule has 0 aliphatic heterocycles. The van der Waals surface area contributed by atoms with Gasteiger partial charge in [0, 0.05) is 49.1 Å². The number of halogens is 8. The number of unbranched alkanes of at least 4 members (excludes halogenated alkanes) is 3. The van der Waals surface area contributed by atoms with Crippen LogP contribution in [0.3, 0.4) is 0 Å². The van der Waals surface area contributed by atoms with Crippen molar-refractivity contribution in [2.24, 2.45) is 23.7 Å². The molecule has 0 aromatic carbocycles. The van der Waals surface area contributed by atoms with Crippen molar-refractivity contribution in [3.05, 3.63) is 95.6 Å². The molecule has 4 fully saturated rings. The van der Waals surface area contributed by atoms with Crippen molar-refractivity contribution in [1.29, 1.82) is 0 Å². The molecule has 4 aromatic heterocycles. The predicted octanol–water partition coefficient (Wildman–Crippen LogP) is 19.8. The number of hydrogen-bond donors (Lipinski definition) is 0. The summed E-state index contributed by atoms with van der Waals surface area (Å²) in [6, 6.07) is 13.7. The summed E-state index contributed by atoms with van der Waals surface area (Å²) in [6.07, 6.45) is 39.5. The van der Waals surface area contributed by atoms with Gasteiger partial charge in [-0.25, -0.2) is 19.9 Å². The molecule has 0 amide bonds. The Kier molecular flexibility index (Phi) is 29.4. The third kappa shape index (κ3) is 23.9. The van der Waals surface area contributed by atoms with Gasteiger partial charge in [-0.15, -0.1) is 0 Å². The molecule has 8 rings (SSSR count). The average molecular weight is 1110 g/mol. The minimum atomic E-state index is -2.80. The summed E-state index contributed by atoms with van der Waals surface area (Å²) in [7, 11) is 0. The quantitative estimate of drug-likeness (QED) is 0.0568. The highest BCUT2D eigenvalue weighted by Gasteiger charge is 2.26. The van der Waals surface area contributed by atoms with E-state index in [1.54, 1.807) is 43.0 Å². The van der Waals surface area contributed by atoms with Crippen molar-refractivity contribution in [1.82, 2.24) is 19.9 Å². The summed E-state index contributed by atoms with van der Waals surface area (Å²) in [6.45, 7) is -2.26. The maximum atomic E-state index is 12.1. The number of ether oxygens (including phenoxy) is 4. The van der Waals surface area contributed by atoms with Gasteiger partial charge in [0.05, 0.1) is 0 Å². The standard InChI is InChI=1S/C17H25F2NO.C16H23F2NO.C15H21F2NO.C14H19F2NO/c1-2-3-4-5-13-6-8-14(9-7-13)15-10-11-16(20-12-15)21-17(18)19;1-2-3-4-12-5-7-13(8-6-12)14-9-10-15(19-11-14)20-16(17)18;1-2-3-11-4-6-12(7-5-11)13-8-9-14(18-10-13)19-15(16)17;1-2-10-3-5-11(6-4-10)12-7-8-13(17-9-12)18-14(15)16/h10-14,17H,2-9H2,1H3;9-13,16H,2-8H2,1H3;8-12,15H,2-7H2,1H3;7-11,14H,2-6H2,1H3. The second kappa shape index (κ2) is 35.8. The first kappa shape index (κ1) is 64.1. The van der Waals surface area contributed by atoms with Crippen LogP contribution in [0.2, 0.25) is 0 Å². The van der Waals surface area contributed by atoms with E-state index in [1.807, 2.05) is 24.3 Å². The van der Waals surface area contributed by atoms with Crippen LogP contribution in [0.4, 0.5) is 35.1 Å². The molecular weight excluding hydrogens is 1020 g/mol. The topological polar surface area (TPSA) is 88.5 Å². The van der Waals surface area contributed by atoms with Crippen molar-refractivity contribution >= 4 is 0 Å². The van der Waals surface area contributed by atoms with Gasteiger partial charge in [-0.3, -0.25) is 0 Å². The molecule has 4 aliphatic rings. The number of nitrogens with zero attached hydrogens (tertiary/aromatic N) is 4. The third-order valence-corrected chi connectivity index (χ3v) is 16.6. The van der Waals surface area contributed by atoms with E-state index in [9.17, 15) is 35.1 Å². The van der Waals surface area contributed by atoms with Gasteiger partial charge in [-0.05, 0) is 172 Å². The largest absolute Gasteiger partial charge is 0.417 e. The van der Waals surface area contributed by atoms with Crippen LogP contribution in [0.25, 0.3) is 0 Å². The van der Waals surface area contributed by atoms with Gasteiger partial charge >= 0.3 is 26.4 Å². The van der Waals surface area contributed by atoms with Crippen molar-refractivity contribution in [3.8, 4) is 23.5 Å². The fraction of sp³-hybridized carbons (Fsp3) is 0.677. The first-order chi connectivity index (χ1) is 37.7. The maximum Gasteiger partial charge on any atom is 0.388 e. The monoisotopic (exact) mass is 1100 g/mol. The average Bonchev–Trinajstić information content (AvgIpc) is 3.44. The lowest BCUT2D eigenvalue weighted by Gasteiger charge is -2.28. The molecule has 0 saturated heterocycles. The Morgan fingerprint density at radius 1 is 0.333 bits per heavy atom. The summed E-state index contributed by atoms with van der Waals surface area (Å²) < 4.78 is 113. The fourth-order valence-corrected chi connectivity index (χ4v) is 12.0. The minimum Gasteiger partial charge on any atom is -0.417 e. The van der Waals surface area contributed by atoms with Crippen LogP contribution in [-0.2, 0) is 0 Å².